The number of carbonyl (C=O) groups is 2. The Morgan fingerprint density at radius 2 is 1.67 bits per heavy atom. The number of amides is 2. The SMILES string of the molecule is CN(C(=O)c1ccc(C(=O)NC(C)(C)C)cc1)C1CCS(=O)(=O)C1. The molecule has 2 rings (SSSR count). The highest BCUT2D eigenvalue weighted by atomic mass is 32.2. The maximum Gasteiger partial charge on any atom is 0.253 e. The van der Waals surface area contributed by atoms with Crippen molar-refractivity contribution in [2.45, 2.75) is 38.8 Å². The molecule has 1 N–H and O–H groups in total. The van der Waals surface area contributed by atoms with Crippen LogP contribution in [0.4, 0.5) is 0 Å². The summed E-state index contributed by atoms with van der Waals surface area (Å²) in [7, 11) is -1.42. The fraction of sp³-hybridized carbons (Fsp3) is 0.529. The van der Waals surface area contributed by atoms with Gasteiger partial charge in [-0.1, -0.05) is 0 Å². The summed E-state index contributed by atoms with van der Waals surface area (Å²) in [4.78, 5) is 26.0. The van der Waals surface area contributed by atoms with E-state index >= 15 is 0 Å². The van der Waals surface area contributed by atoms with Crippen LogP contribution >= 0.6 is 0 Å². The highest BCUT2D eigenvalue weighted by Crippen LogP contribution is 2.19. The molecule has 1 saturated heterocycles. The van der Waals surface area contributed by atoms with E-state index in [1.807, 2.05) is 20.8 Å². The van der Waals surface area contributed by atoms with Crippen molar-refractivity contribution in [2.75, 3.05) is 18.6 Å². The summed E-state index contributed by atoms with van der Waals surface area (Å²) in [6.07, 6.45) is 0.469. The zero-order valence-corrected chi connectivity index (χ0v) is 15.3. The molecule has 1 aromatic rings. The van der Waals surface area contributed by atoms with Crippen LogP contribution in [0.25, 0.3) is 0 Å². The molecule has 0 spiro atoms. The van der Waals surface area contributed by atoms with E-state index < -0.39 is 9.84 Å². The van der Waals surface area contributed by atoms with E-state index in [1.54, 1.807) is 31.3 Å². The first-order valence-electron chi connectivity index (χ1n) is 7.89. The van der Waals surface area contributed by atoms with Crippen LogP contribution < -0.4 is 5.32 Å². The molecule has 6 nitrogen and oxygen atoms in total. The lowest BCUT2D eigenvalue weighted by molar-refractivity contribution is 0.0747. The Labute approximate surface area is 143 Å². The number of carbonyl (C=O) groups excluding carboxylic acids is 2. The van der Waals surface area contributed by atoms with Crippen molar-refractivity contribution in [3.05, 3.63) is 35.4 Å². The number of hydrogen-bond acceptors (Lipinski definition) is 4. The lowest BCUT2D eigenvalue weighted by Gasteiger charge is -2.23. The zero-order chi connectivity index (χ0) is 18.1. The van der Waals surface area contributed by atoms with Gasteiger partial charge in [0.2, 0.25) is 0 Å². The Bertz CT molecular complexity index is 733. The van der Waals surface area contributed by atoms with E-state index in [0.29, 0.717) is 17.5 Å². The van der Waals surface area contributed by atoms with Gasteiger partial charge < -0.3 is 10.2 Å². The Kier molecular flexibility index (Phi) is 5.03. The van der Waals surface area contributed by atoms with Gasteiger partial charge in [0.05, 0.1) is 11.5 Å². The number of hydrogen-bond donors (Lipinski definition) is 1. The Morgan fingerprint density at radius 3 is 2.12 bits per heavy atom. The molecule has 0 aliphatic carbocycles. The van der Waals surface area contributed by atoms with Gasteiger partial charge in [-0.2, -0.15) is 0 Å². The average molecular weight is 352 g/mol. The number of nitrogens with one attached hydrogen (secondary N) is 1. The first-order valence-corrected chi connectivity index (χ1v) is 9.71. The highest BCUT2D eigenvalue weighted by molar-refractivity contribution is 7.91. The molecule has 0 radical (unpaired) electrons. The third-order valence-corrected chi connectivity index (χ3v) is 5.71. The first-order chi connectivity index (χ1) is 11.0. The van der Waals surface area contributed by atoms with Crippen LogP contribution in [0.2, 0.25) is 0 Å². The fourth-order valence-corrected chi connectivity index (χ4v) is 4.40. The van der Waals surface area contributed by atoms with Crippen LogP contribution in [0.5, 0.6) is 0 Å². The number of benzene rings is 1. The Balaban J connectivity index is 2.07. The van der Waals surface area contributed by atoms with Gasteiger partial charge >= 0.3 is 0 Å². The van der Waals surface area contributed by atoms with E-state index in [4.69, 9.17) is 0 Å². The normalized spacial score (nSPS) is 19.8. The van der Waals surface area contributed by atoms with Gasteiger partial charge in [0.25, 0.3) is 11.8 Å². The fourth-order valence-electron chi connectivity index (χ4n) is 2.63. The van der Waals surface area contributed by atoms with E-state index in [1.165, 1.54) is 4.90 Å². The van der Waals surface area contributed by atoms with Crippen molar-refractivity contribution in [3.8, 4) is 0 Å². The maximum absolute atomic E-state index is 12.5. The third kappa shape index (κ3) is 4.56. The molecule has 0 aromatic heterocycles. The molecule has 1 fully saturated rings. The summed E-state index contributed by atoms with van der Waals surface area (Å²) < 4.78 is 23.1. The second-order valence-corrected chi connectivity index (χ2v) is 9.48. The Hall–Kier alpha value is -1.89. The predicted molar refractivity (Wildman–Crippen MR) is 92.8 cm³/mol. The molecular formula is C17H24N2O4S. The van der Waals surface area contributed by atoms with Gasteiger partial charge in [-0.05, 0) is 51.5 Å². The monoisotopic (exact) mass is 352 g/mol. The van der Waals surface area contributed by atoms with Crippen molar-refractivity contribution >= 4 is 21.7 Å². The van der Waals surface area contributed by atoms with E-state index in [0.717, 1.165) is 0 Å². The molecule has 2 amide bonds. The topological polar surface area (TPSA) is 83.6 Å². The summed E-state index contributed by atoms with van der Waals surface area (Å²) in [6, 6.07) is 6.12. The highest BCUT2D eigenvalue weighted by Gasteiger charge is 2.33. The molecule has 0 saturated carbocycles. The quantitative estimate of drug-likeness (QED) is 0.893. The predicted octanol–water partition coefficient (Wildman–Crippen LogP) is 1.47. The van der Waals surface area contributed by atoms with Crippen LogP contribution in [-0.4, -0.2) is 55.3 Å². The molecule has 1 aromatic carbocycles. The van der Waals surface area contributed by atoms with Crippen molar-refractivity contribution < 1.29 is 18.0 Å². The smallest absolute Gasteiger partial charge is 0.253 e. The lowest BCUT2D eigenvalue weighted by atomic mass is 10.1. The van der Waals surface area contributed by atoms with Crippen LogP contribution in [0.3, 0.4) is 0 Å². The van der Waals surface area contributed by atoms with E-state index in [2.05, 4.69) is 5.32 Å². The third-order valence-electron chi connectivity index (χ3n) is 3.96. The van der Waals surface area contributed by atoms with Crippen molar-refractivity contribution in [1.29, 1.82) is 0 Å². The van der Waals surface area contributed by atoms with Crippen molar-refractivity contribution in [1.82, 2.24) is 10.2 Å². The van der Waals surface area contributed by atoms with Crippen LogP contribution in [0.15, 0.2) is 24.3 Å². The first kappa shape index (κ1) is 18.4. The van der Waals surface area contributed by atoms with Gasteiger partial charge in [-0.25, -0.2) is 8.42 Å². The minimum atomic E-state index is -3.04. The van der Waals surface area contributed by atoms with E-state index in [-0.39, 0.29) is 34.9 Å². The van der Waals surface area contributed by atoms with Crippen molar-refractivity contribution in [2.24, 2.45) is 0 Å². The molecule has 1 aliphatic rings. The molecule has 1 aliphatic heterocycles. The second kappa shape index (κ2) is 6.55. The number of nitrogens with zero attached hydrogens (tertiary/aromatic N) is 1. The minimum Gasteiger partial charge on any atom is -0.347 e. The molecule has 1 unspecified atom stereocenters. The molecular weight excluding hydrogens is 328 g/mol. The molecule has 132 valence electrons. The summed E-state index contributed by atoms with van der Waals surface area (Å²) in [5.41, 5.74) is 0.585. The summed E-state index contributed by atoms with van der Waals surface area (Å²) >= 11 is 0. The molecule has 1 atom stereocenters. The van der Waals surface area contributed by atoms with Crippen LogP contribution in [-0.2, 0) is 9.84 Å². The Morgan fingerprint density at radius 1 is 1.12 bits per heavy atom. The summed E-state index contributed by atoms with van der Waals surface area (Å²) in [5.74, 6) is -0.292. The molecule has 0 bridgehead atoms. The van der Waals surface area contributed by atoms with Gasteiger partial charge in [0, 0.05) is 29.8 Å². The largest absolute Gasteiger partial charge is 0.347 e. The lowest BCUT2D eigenvalue weighted by Crippen LogP contribution is -2.40. The minimum absolute atomic E-state index is 0.0152. The molecule has 24 heavy (non-hydrogen) atoms. The molecule has 7 heteroatoms. The second-order valence-electron chi connectivity index (χ2n) is 7.25. The van der Waals surface area contributed by atoms with E-state index in [9.17, 15) is 18.0 Å². The van der Waals surface area contributed by atoms with Crippen LogP contribution in [0, 0.1) is 0 Å². The standard InChI is InChI=1S/C17H24N2O4S/c1-17(2,3)18-15(20)12-5-7-13(8-6-12)16(21)19(4)14-9-10-24(22,23)11-14/h5-8,14H,9-11H2,1-4H3,(H,18,20). The molecule has 1 heterocycles. The van der Waals surface area contributed by atoms with Crippen molar-refractivity contribution in [3.63, 3.8) is 0 Å². The van der Waals surface area contributed by atoms with Crippen LogP contribution in [0.1, 0.15) is 47.9 Å². The maximum atomic E-state index is 12.5. The van der Waals surface area contributed by atoms with Gasteiger partial charge in [-0.3, -0.25) is 9.59 Å². The van der Waals surface area contributed by atoms with Gasteiger partial charge in [0.15, 0.2) is 9.84 Å². The van der Waals surface area contributed by atoms with Gasteiger partial charge in [0.1, 0.15) is 0 Å². The number of sulfone groups is 1. The summed E-state index contributed by atoms with van der Waals surface area (Å²) in [5, 5.41) is 2.86. The van der Waals surface area contributed by atoms with Gasteiger partial charge in [-0.15, -0.1) is 0 Å². The zero-order valence-electron chi connectivity index (χ0n) is 14.5. The average Bonchev–Trinajstić information content (AvgIpc) is 2.84. The number of rotatable bonds is 3. The summed E-state index contributed by atoms with van der Waals surface area (Å²) in [6.45, 7) is 5.69.